The number of fused-ring (bicyclic) bond motifs is 2. The fourth-order valence-electron chi connectivity index (χ4n) is 3.88. The summed E-state index contributed by atoms with van der Waals surface area (Å²) in [6.07, 6.45) is 7.79. The van der Waals surface area contributed by atoms with Crippen molar-refractivity contribution < 1.29 is 14.6 Å². The molecule has 1 N–H and O–H groups in total. The van der Waals surface area contributed by atoms with Crippen LogP contribution >= 0.6 is 0 Å². The average molecular weight is 409 g/mol. The molecule has 3 aromatic rings. The van der Waals surface area contributed by atoms with Crippen LogP contribution in [0.1, 0.15) is 57.9 Å². The van der Waals surface area contributed by atoms with Crippen molar-refractivity contribution in [1.82, 2.24) is 0 Å². The van der Waals surface area contributed by atoms with Crippen molar-refractivity contribution in [1.29, 1.82) is 0 Å². The summed E-state index contributed by atoms with van der Waals surface area (Å²) in [7, 11) is 0. The molecule has 0 aliphatic rings. The Morgan fingerprint density at radius 1 is 0.800 bits per heavy atom. The Kier molecular flexibility index (Phi) is 8.98. The minimum Gasteiger partial charge on any atom is -0.489 e. The lowest BCUT2D eigenvalue weighted by Gasteiger charge is -2.17. The van der Waals surface area contributed by atoms with Crippen molar-refractivity contribution in [2.45, 2.75) is 64.9 Å². The van der Waals surface area contributed by atoms with Crippen LogP contribution in [-0.2, 0) is 11.2 Å². The molecule has 3 nitrogen and oxygen atoms in total. The van der Waals surface area contributed by atoms with Crippen LogP contribution in [-0.4, -0.2) is 31.0 Å². The van der Waals surface area contributed by atoms with E-state index in [1.54, 1.807) is 0 Å². The second kappa shape index (κ2) is 11.9. The number of hydrogen-bond acceptors (Lipinski definition) is 3. The zero-order valence-corrected chi connectivity index (χ0v) is 18.5. The van der Waals surface area contributed by atoms with Crippen molar-refractivity contribution in [3.05, 3.63) is 54.1 Å². The first-order chi connectivity index (χ1) is 14.7. The first-order valence-corrected chi connectivity index (χ1v) is 11.6. The maximum Gasteiger partial charge on any atom is 0.135 e. The van der Waals surface area contributed by atoms with Crippen molar-refractivity contribution in [3.8, 4) is 5.75 Å². The van der Waals surface area contributed by atoms with Crippen LogP contribution < -0.4 is 4.74 Å². The topological polar surface area (TPSA) is 38.7 Å². The summed E-state index contributed by atoms with van der Waals surface area (Å²) in [5, 5.41) is 14.9. The lowest BCUT2D eigenvalue weighted by molar-refractivity contribution is 0.0115. The molecule has 0 spiro atoms. The highest BCUT2D eigenvalue weighted by Crippen LogP contribution is 2.35. The van der Waals surface area contributed by atoms with Gasteiger partial charge < -0.3 is 14.6 Å². The second-order valence-electron chi connectivity index (χ2n) is 8.14. The summed E-state index contributed by atoms with van der Waals surface area (Å²) >= 11 is 0. The van der Waals surface area contributed by atoms with E-state index < -0.39 is 6.10 Å². The zero-order chi connectivity index (χ0) is 21.2. The maximum absolute atomic E-state index is 10.4. The van der Waals surface area contributed by atoms with E-state index in [2.05, 4.69) is 50.2 Å². The first-order valence-electron chi connectivity index (χ1n) is 11.6. The van der Waals surface area contributed by atoms with E-state index in [1.165, 1.54) is 37.7 Å². The van der Waals surface area contributed by atoms with Gasteiger partial charge in [0.05, 0.1) is 6.61 Å². The standard InChI is InChI=1S/C27H36O3/c1-3-5-6-7-8-11-16-29-19-24(28)20-30-27-25-13-10-9-12-22(25)18-23-15-14-21(4-2)17-26(23)27/h9-10,12-15,17-18,24,28H,3-8,11,16,19-20H2,1-2H3. The van der Waals surface area contributed by atoms with E-state index in [0.717, 1.165) is 40.1 Å². The summed E-state index contributed by atoms with van der Waals surface area (Å²) in [4.78, 5) is 0. The van der Waals surface area contributed by atoms with Crippen LogP contribution in [0.3, 0.4) is 0 Å². The van der Waals surface area contributed by atoms with E-state index >= 15 is 0 Å². The predicted molar refractivity (Wildman–Crippen MR) is 127 cm³/mol. The van der Waals surface area contributed by atoms with E-state index in [0.29, 0.717) is 13.2 Å². The van der Waals surface area contributed by atoms with Gasteiger partial charge in [-0.05, 0) is 41.3 Å². The molecule has 1 atom stereocenters. The van der Waals surface area contributed by atoms with Gasteiger partial charge in [0.1, 0.15) is 18.5 Å². The molecule has 30 heavy (non-hydrogen) atoms. The summed E-state index contributed by atoms with van der Waals surface area (Å²) < 4.78 is 11.9. The monoisotopic (exact) mass is 408 g/mol. The van der Waals surface area contributed by atoms with Gasteiger partial charge >= 0.3 is 0 Å². The van der Waals surface area contributed by atoms with Gasteiger partial charge in [-0.25, -0.2) is 0 Å². The summed E-state index contributed by atoms with van der Waals surface area (Å²) in [5.41, 5.74) is 1.28. The Balaban J connectivity index is 1.59. The van der Waals surface area contributed by atoms with Gasteiger partial charge in [0.15, 0.2) is 0 Å². The third-order valence-corrected chi connectivity index (χ3v) is 5.66. The van der Waals surface area contributed by atoms with Gasteiger partial charge in [0.25, 0.3) is 0 Å². The zero-order valence-electron chi connectivity index (χ0n) is 18.5. The van der Waals surface area contributed by atoms with E-state index in [1.807, 2.05) is 12.1 Å². The first kappa shape index (κ1) is 22.6. The molecule has 0 aliphatic heterocycles. The summed E-state index contributed by atoms with van der Waals surface area (Å²) in [5.74, 6) is 0.855. The molecule has 0 aromatic heterocycles. The number of rotatable bonds is 13. The molecule has 3 aromatic carbocycles. The molecule has 0 saturated carbocycles. The molecule has 0 saturated heterocycles. The Bertz CT molecular complexity index is 919. The second-order valence-corrected chi connectivity index (χ2v) is 8.14. The predicted octanol–water partition coefficient (Wildman–Crippen LogP) is 6.67. The number of aryl methyl sites for hydroxylation is 1. The quantitative estimate of drug-likeness (QED) is 0.253. The van der Waals surface area contributed by atoms with Crippen molar-refractivity contribution in [3.63, 3.8) is 0 Å². The highest BCUT2D eigenvalue weighted by atomic mass is 16.5. The molecule has 0 aliphatic carbocycles. The van der Waals surface area contributed by atoms with Gasteiger partial charge in [-0.3, -0.25) is 0 Å². The SMILES string of the molecule is CCCCCCCCOCC(O)COc1c2ccccc2cc2ccc(CC)cc12. The van der Waals surface area contributed by atoms with E-state index in [9.17, 15) is 5.11 Å². The lowest BCUT2D eigenvalue weighted by Crippen LogP contribution is -2.23. The van der Waals surface area contributed by atoms with Crippen molar-refractivity contribution in [2.24, 2.45) is 0 Å². The van der Waals surface area contributed by atoms with Crippen LogP contribution in [0.4, 0.5) is 0 Å². The van der Waals surface area contributed by atoms with Crippen LogP contribution in [0.2, 0.25) is 0 Å². The molecule has 0 amide bonds. The molecule has 0 bridgehead atoms. The summed E-state index contributed by atoms with van der Waals surface area (Å²) in [6.45, 7) is 5.65. The Labute approximate surface area is 181 Å². The highest BCUT2D eigenvalue weighted by Gasteiger charge is 2.12. The number of hydrogen-bond donors (Lipinski definition) is 1. The smallest absolute Gasteiger partial charge is 0.135 e. The third kappa shape index (κ3) is 6.20. The van der Waals surface area contributed by atoms with Crippen molar-refractivity contribution in [2.75, 3.05) is 19.8 Å². The van der Waals surface area contributed by atoms with Crippen molar-refractivity contribution >= 4 is 21.5 Å². The lowest BCUT2D eigenvalue weighted by atomic mass is 9.99. The summed E-state index contributed by atoms with van der Waals surface area (Å²) in [6, 6.07) is 17.0. The van der Waals surface area contributed by atoms with Crippen LogP contribution in [0, 0.1) is 0 Å². The molecule has 0 radical (unpaired) electrons. The van der Waals surface area contributed by atoms with Crippen LogP contribution in [0.5, 0.6) is 5.75 Å². The molecule has 3 rings (SSSR count). The number of unbranched alkanes of at least 4 members (excludes halogenated alkanes) is 5. The largest absolute Gasteiger partial charge is 0.489 e. The Hall–Kier alpha value is -2.10. The van der Waals surface area contributed by atoms with Gasteiger partial charge in [0, 0.05) is 17.4 Å². The molecule has 0 fully saturated rings. The number of ether oxygens (including phenoxy) is 2. The molecule has 1 unspecified atom stereocenters. The fourth-order valence-corrected chi connectivity index (χ4v) is 3.88. The minimum absolute atomic E-state index is 0.232. The van der Waals surface area contributed by atoms with E-state index in [-0.39, 0.29) is 6.61 Å². The maximum atomic E-state index is 10.4. The number of aliphatic hydroxyl groups is 1. The molecular weight excluding hydrogens is 372 g/mol. The van der Waals surface area contributed by atoms with Crippen LogP contribution in [0.15, 0.2) is 48.5 Å². The third-order valence-electron chi connectivity index (χ3n) is 5.66. The molecule has 3 heteroatoms. The minimum atomic E-state index is -0.631. The molecule has 162 valence electrons. The number of aliphatic hydroxyl groups excluding tert-OH is 1. The Morgan fingerprint density at radius 3 is 2.40 bits per heavy atom. The van der Waals surface area contributed by atoms with Gasteiger partial charge in [0.2, 0.25) is 0 Å². The Morgan fingerprint density at radius 2 is 1.57 bits per heavy atom. The fraction of sp³-hybridized carbons (Fsp3) is 0.481. The molecule has 0 heterocycles. The average Bonchev–Trinajstić information content (AvgIpc) is 2.78. The highest BCUT2D eigenvalue weighted by molar-refractivity contribution is 6.05. The van der Waals surface area contributed by atoms with Gasteiger partial charge in [-0.1, -0.05) is 82.3 Å². The number of benzene rings is 3. The van der Waals surface area contributed by atoms with E-state index in [4.69, 9.17) is 9.47 Å². The normalized spacial score (nSPS) is 12.5. The molecular formula is C27H36O3. The van der Waals surface area contributed by atoms with Crippen LogP contribution in [0.25, 0.3) is 21.5 Å². The van der Waals surface area contributed by atoms with Gasteiger partial charge in [-0.15, -0.1) is 0 Å². The van der Waals surface area contributed by atoms with Gasteiger partial charge in [-0.2, -0.15) is 0 Å².